The molecule has 2 aliphatic rings. The Bertz CT molecular complexity index is 1270. The van der Waals surface area contributed by atoms with E-state index in [0.29, 0.717) is 11.3 Å². The first-order valence-electron chi connectivity index (χ1n) is 11.7. The molecule has 3 heterocycles. The molecule has 3 amide bonds. The lowest BCUT2D eigenvalue weighted by atomic mass is 10.0. The van der Waals surface area contributed by atoms with Gasteiger partial charge in [0.1, 0.15) is 28.4 Å². The molecule has 3 atom stereocenters. The Morgan fingerprint density at radius 3 is 2.58 bits per heavy atom. The molecule has 40 heavy (non-hydrogen) atoms. The first-order chi connectivity index (χ1) is 18.8. The molecular weight excluding hydrogens is 587 g/mol. The summed E-state index contributed by atoms with van der Waals surface area (Å²) in [6, 6.07) is -1.02. The predicted molar refractivity (Wildman–Crippen MR) is 151 cm³/mol. The summed E-state index contributed by atoms with van der Waals surface area (Å²) >= 11 is 8.25. The lowest BCUT2D eigenvalue weighted by Crippen LogP contribution is -2.71. The zero-order chi connectivity index (χ0) is 29.8. The number of oxime groups is 1. The van der Waals surface area contributed by atoms with E-state index in [-0.39, 0.29) is 28.1 Å². The van der Waals surface area contributed by atoms with Gasteiger partial charge in [-0.25, -0.2) is 19.4 Å². The normalized spacial score (nSPS) is 19.6. The van der Waals surface area contributed by atoms with Crippen LogP contribution in [0.15, 0.2) is 21.8 Å². The molecule has 1 aromatic rings. The number of thioether (sulfide) groups is 1. The molecule has 3 rings (SSSR count). The summed E-state index contributed by atoms with van der Waals surface area (Å²) in [6.45, 7) is 6.45. The van der Waals surface area contributed by atoms with Crippen LogP contribution >= 0.6 is 34.7 Å². The highest BCUT2D eigenvalue weighted by atomic mass is 35.5. The molecular formula is C21H26B2ClN5O9S2. The van der Waals surface area contributed by atoms with Crippen LogP contribution in [0.25, 0.3) is 0 Å². The van der Waals surface area contributed by atoms with E-state index in [1.54, 1.807) is 20.8 Å². The number of alkyl halides is 1. The number of aromatic nitrogens is 1. The highest BCUT2D eigenvalue weighted by molar-refractivity contribution is 8.00. The molecule has 0 spiro atoms. The summed E-state index contributed by atoms with van der Waals surface area (Å²) in [5.41, 5.74) is -0.542. The van der Waals surface area contributed by atoms with Crippen molar-refractivity contribution >= 4 is 91.5 Å². The van der Waals surface area contributed by atoms with E-state index >= 15 is 0 Å². The van der Waals surface area contributed by atoms with Crippen LogP contribution in [0, 0.1) is 0 Å². The van der Waals surface area contributed by atoms with Crippen molar-refractivity contribution in [2.75, 3.05) is 16.9 Å². The zero-order valence-corrected chi connectivity index (χ0v) is 24.8. The van der Waals surface area contributed by atoms with Gasteiger partial charge in [0.05, 0.1) is 0 Å². The SMILES string of the molecule is BOC(=O)C1=C(CCl)CS[C@@H]2[C@H](NC(=O)/C(=N\O[C@H](C)C(=O)OB)c3csc(NC(=O)OC(C)(C)C)n3)C(=O)N12. The van der Waals surface area contributed by atoms with Gasteiger partial charge in [0.15, 0.2) is 10.8 Å². The second kappa shape index (κ2) is 13.0. The van der Waals surface area contributed by atoms with Gasteiger partial charge in [-0.15, -0.1) is 34.7 Å². The third-order valence-electron chi connectivity index (χ3n) is 5.28. The second-order valence-electron chi connectivity index (χ2n) is 9.31. The van der Waals surface area contributed by atoms with E-state index in [2.05, 4.69) is 25.4 Å². The van der Waals surface area contributed by atoms with Crippen molar-refractivity contribution in [1.82, 2.24) is 15.2 Å². The summed E-state index contributed by atoms with van der Waals surface area (Å²) < 4.78 is 14.6. The zero-order valence-electron chi connectivity index (χ0n) is 22.4. The molecule has 0 radical (unpaired) electrons. The second-order valence-corrected chi connectivity index (χ2v) is 11.5. The summed E-state index contributed by atoms with van der Waals surface area (Å²) in [5.74, 6) is -2.48. The number of fused-ring (bicyclic) bond motifs is 1. The lowest BCUT2D eigenvalue weighted by Gasteiger charge is -2.49. The van der Waals surface area contributed by atoms with Gasteiger partial charge in [0, 0.05) is 17.0 Å². The summed E-state index contributed by atoms with van der Waals surface area (Å²) in [6.07, 6.45) is -1.92. The minimum absolute atomic E-state index is 0.00915. The maximum atomic E-state index is 13.3. The topological polar surface area (TPSA) is 175 Å². The fourth-order valence-electron chi connectivity index (χ4n) is 3.46. The van der Waals surface area contributed by atoms with E-state index in [1.807, 2.05) is 0 Å². The van der Waals surface area contributed by atoms with Gasteiger partial charge in [-0.1, -0.05) is 5.16 Å². The number of anilines is 1. The molecule has 0 aliphatic carbocycles. The van der Waals surface area contributed by atoms with Crippen molar-refractivity contribution in [3.8, 4) is 0 Å². The number of nitrogens with one attached hydrogen (secondary N) is 2. The predicted octanol–water partition coefficient (Wildman–Crippen LogP) is -0.325. The average molecular weight is 614 g/mol. The minimum Gasteiger partial charge on any atom is -0.541 e. The van der Waals surface area contributed by atoms with Gasteiger partial charge in [-0.05, 0) is 33.3 Å². The molecule has 2 N–H and O–H groups in total. The number of hydrogen-bond donors (Lipinski definition) is 2. The largest absolute Gasteiger partial charge is 0.541 e. The standard InChI is InChI=1S/C21H26B2ClN5O9S2/c1-8(17(32)36-22)38-28-11(10-7-40-19(25-10)27-20(34)35-21(2,3)4)14(30)26-12-15(31)29-13(18(33)37-23)9(5-24)6-39-16(12)29/h7-8,12,16H,5-6,22-23H2,1-4H3,(H,26,30)(H,25,27,34)/b28-11-/t8-,12-,16-/m1/s1. The van der Waals surface area contributed by atoms with Crippen LogP contribution < -0.4 is 10.6 Å². The van der Waals surface area contributed by atoms with Crippen molar-refractivity contribution in [2.45, 2.75) is 50.8 Å². The maximum Gasteiger partial charge on any atom is 0.413 e. The Morgan fingerprint density at radius 1 is 1.27 bits per heavy atom. The van der Waals surface area contributed by atoms with Crippen LogP contribution in [0.5, 0.6) is 0 Å². The van der Waals surface area contributed by atoms with E-state index in [0.717, 1.165) is 19.4 Å². The molecule has 2 aliphatic heterocycles. The van der Waals surface area contributed by atoms with Crippen molar-refractivity contribution < 1.29 is 42.9 Å². The van der Waals surface area contributed by atoms with Crippen LogP contribution in [0.3, 0.4) is 0 Å². The lowest BCUT2D eigenvalue weighted by molar-refractivity contribution is -0.149. The van der Waals surface area contributed by atoms with Gasteiger partial charge in [-0.2, -0.15) is 0 Å². The first-order valence-corrected chi connectivity index (χ1v) is 14.2. The third-order valence-corrected chi connectivity index (χ3v) is 7.70. The number of rotatable bonds is 9. The van der Waals surface area contributed by atoms with E-state index in [4.69, 9.17) is 25.8 Å². The quantitative estimate of drug-likeness (QED) is 0.123. The fourth-order valence-corrected chi connectivity index (χ4v) is 5.82. The van der Waals surface area contributed by atoms with E-state index in [9.17, 15) is 24.0 Å². The number of halogens is 1. The van der Waals surface area contributed by atoms with Gasteiger partial charge in [-0.3, -0.25) is 19.8 Å². The third kappa shape index (κ3) is 7.09. The van der Waals surface area contributed by atoms with E-state index < -0.39 is 53.0 Å². The minimum atomic E-state index is -1.16. The highest BCUT2D eigenvalue weighted by Crippen LogP contribution is 2.40. The van der Waals surface area contributed by atoms with Crippen molar-refractivity contribution in [2.24, 2.45) is 5.16 Å². The van der Waals surface area contributed by atoms with Crippen LogP contribution in [0.2, 0.25) is 0 Å². The summed E-state index contributed by atoms with van der Waals surface area (Å²) in [5, 5.41) is 9.78. The number of β-lactam (4-membered cyclic amide) rings is 1. The number of hydrogen-bond acceptors (Lipinski definition) is 13. The molecule has 0 saturated carbocycles. The Morgan fingerprint density at radius 2 is 1.98 bits per heavy atom. The van der Waals surface area contributed by atoms with Crippen LogP contribution in [0.1, 0.15) is 33.4 Å². The number of nitrogens with zero attached hydrogens (tertiary/aromatic N) is 3. The van der Waals surface area contributed by atoms with Crippen molar-refractivity contribution in [3.63, 3.8) is 0 Å². The molecule has 19 heteroatoms. The van der Waals surface area contributed by atoms with Crippen LogP contribution in [0.4, 0.5) is 9.93 Å². The van der Waals surface area contributed by atoms with Crippen molar-refractivity contribution in [1.29, 1.82) is 0 Å². The Balaban J connectivity index is 1.83. The highest BCUT2D eigenvalue weighted by Gasteiger charge is 2.54. The smallest absolute Gasteiger partial charge is 0.413 e. The molecule has 1 saturated heterocycles. The van der Waals surface area contributed by atoms with Gasteiger partial charge in [0.25, 0.3) is 11.8 Å². The van der Waals surface area contributed by atoms with E-state index in [1.165, 1.54) is 37.0 Å². The van der Waals surface area contributed by atoms with Crippen LogP contribution in [-0.2, 0) is 38.1 Å². The van der Waals surface area contributed by atoms with Gasteiger partial charge < -0.3 is 24.2 Å². The summed E-state index contributed by atoms with van der Waals surface area (Å²) in [7, 11) is 2.36. The van der Waals surface area contributed by atoms with Crippen molar-refractivity contribution in [3.05, 3.63) is 22.3 Å². The maximum absolute atomic E-state index is 13.3. The average Bonchev–Trinajstić information content (AvgIpc) is 3.36. The molecule has 0 unspecified atom stereocenters. The number of carbonyl (C=O) groups excluding carboxylic acids is 5. The molecule has 1 aromatic heterocycles. The molecule has 0 aromatic carbocycles. The fraction of sp³-hybridized carbons (Fsp3) is 0.476. The summed E-state index contributed by atoms with van der Waals surface area (Å²) in [4.78, 5) is 73.2. The number of amides is 3. The molecule has 14 nitrogen and oxygen atoms in total. The van der Waals surface area contributed by atoms with Crippen LogP contribution in [-0.4, -0.2) is 96.3 Å². The number of ether oxygens (including phenoxy) is 1. The molecule has 1 fully saturated rings. The Hall–Kier alpha value is -3.24. The number of thiazole rings is 1. The van der Waals surface area contributed by atoms with Gasteiger partial charge >= 0.3 is 34.1 Å². The molecule has 0 bridgehead atoms. The first kappa shape index (κ1) is 31.3. The Labute approximate surface area is 244 Å². The Kier molecular flexibility index (Phi) is 10.1. The number of carbonyl (C=O) groups is 5. The van der Waals surface area contributed by atoms with Gasteiger partial charge in [0.2, 0.25) is 6.10 Å². The molecule has 214 valence electrons. The monoisotopic (exact) mass is 613 g/mol.